The van der Waals surface area contributed by atoms with Gasteiger partial charge in [0.2, 0.25) is 6.29 Å². The Balaban J connectivity index is 2.20. The van der Waals surface area contributed by atoms with Crippen LogP contribution in [-0.4, -0.2) is 29.2 Å². The first-order valence-corrected chi connectivity index (χ1v) is 5.52. The summed E-state index contributed by atoms with van der Waals surface area (Å²) in [5.41, 5.74) is 0. The van der Waals surface area contributed by atoms with Crippen molar-refractivity contribution in [3.63, 3.8) is 0 Å². The highest BCUT2D eigenvalue weighted by Gasteiger charge is 2.27. The van der Waals surface area contributed by atoms with Crippen LogP contribution in [0.4, 0.5) is 0 Å². The van der Waals surface area contributed by atoms with Gasteiger partial charge in [0.1, 0.15) is 0 Å². The fraction of sp³-hybridized carbons (Fsp3) is 0.778. The standard InChI is InChI=1S/C9H14O4S/c1-6(10)12-9-4-3-8(13-9)5-14-7(2)11/h8-9H,3-5H2,1-2H3. The van der Waals surface area contributed by atoms with Gasteiger partial charge in [-0.05, 0) is 6.42 Å². The molecule has 80 valence electrons. The van der Waals surface area contributed by atoms with Crippen LogP contribution < -0.4 is 0 Å². The minimum absolute atomic E-state index is 0.0354. The average Bonchev–Trinajstić information content (AvgIpc) is 2.47. The first kappa shape index (κ1) is 11.5. The topological polar surface area (TPSA) is 52.6 Å². The molecule has 14 heavy (non-hydrogen) atoms. The predicted octanol–water partition coefficient (Wildman–Crippen LogP) is 1.33. The van der Waals surface area contributed by atoms with Gasteiger partial charge in [-0.15, -0.1) is 0 Å². The molecule has 0 aliphatic carbocycles. The van der Waals surface area contributed by atoms with E-state index < -0.39 is 6.29 Å². The maximum atomic E-state index is 10.7. The summed E-state index contributed by atoms with van der Waals surface area (Å²) < 4.78 is 10.3. The zero-order valence-electron chi connectivity index (χ0n) is 8.32. The van der Waals surface area contributed by atoms with Crippen LogP contribution in [0.25, 0.3) is 0 Å². The molecule has 1 heterocycles. The fourth-order valence-electron chi connectivity index (χ4n) is 1.28. The molecule has 0 spiro atoms. The zero-order chi connectivity index (χ0) is 10.6. The fourth-order valence-corrected chi connectivity index (χ4v) is 1.94. The molecule has 1 rings (SSSR count). The van der Waals surface area contributed by atoms with Gasteiger partial charge in [-0.2, -0.15) is 0 Å². The molecule has 0 N–H and O–H groups in total. The SMILES string of the molecule is CC(=O)OC1CCC(CSC(C)=O)O1. The molecular weight excluding hydrogens is 204 g/mol. The Morgan fingerprint density at radius 2 is 2.14 bits per heavy atom. The van der Waals surface area contributed by atoms with Crippen LogP contribution in [0.1, 0.15) is 26.7 Å². The molecule has 0 radical (unpaired) electrons. The van der Waals surface area contributed by atoms with Crippen molar-refractivity contribution in [2.75, 3.05) is 5.75 Å². The Morgan fingerprint density at radius 1 is 1.43 bits per heavy atom. The maximum Gasteiger partial charge on any atom is 0.304 e. The van der Waals surface area contributed by atoms with Crippen molar-refractivity contribution < 1.29 is 19.1 Å². The molecule has 0 amide bonds. The van der Waals surface area contributed by atoms with Gasteiger partial charge in [0.25, 0.3) is 0 Å². The number of carbonyl (C=O) groups excluding carboxylic acids is 2. The summed E-state index contributed by atoms with van der Waals surface area (Å²) in [5, 5.41) is 0.0875. The van der Waals surface area contributed by atoms with E-state index in [1.165, 1.54) is 25.6 Å². The summed E-state index contributed by atoms with van der Waals surface area (Å²) in [6, 6.07) is 0. The van der Waals surface area contributed by atoms with Gasteiger partial charge < -0.3 is 9.47 Å². The van der Waals surface area contributed by atoms with Crippen molar-refractivity contribution in [3.8, 4) is 0 Å². The van der Waals surface area contributed by atoms with Crippen LogP contribution in [0.15, 0.2) is 0 Å². The molecule has 1 aliphatic rings. The molecule has 0 bridgehead atoms. The van der Waals surface area contributed by atoms with Gasteiger partial charge in [-0.1, -0.05) is 11.8 Å². The zero-order valence-corrected chi connectivity index (χ0v) is 9.13. The van der Waals surface area contributed by atoms with Crippen molar-refractivity contribution in [3.05, 3.63) is 0 Å². The lowest BCUT2D eigenvalue weighted by molar-refractivity contribution is -0.171. The molecule has 4 nitrogen and oxygen atoms in total. The summed E-state index contributed by atoms with van der Waals surface area (Å²) >= 11 is 1.25. The molecular formula is C9H14O4S. The van der Waals surface area contributed by atoms with Gasteiger partial charge in [0, 0.05) is 26.0 Å². The van der Waals surface area contributed by atoms with Gasteiger partial charge in [-0.3, -0.25) is 9.59 Å². The first-order valence-electron chi connectivity index (χ1n) is 4.54. The lowest BCUT2D eigenvalue weighted by Gasteiger charge is -2.12. The largest absolute Gasteiger partial charge is 0.436 e. The minimum Gasteiger partial charge on any atom is -0.436 e. The van der Waals surface area contributed by atoms with Crippen molar-refractivity contribution in [2.45, 2.75) is 39.1 Å². The Bertz CT molecular complexity index is 229. The van der Waals surface area contributed by atoms with Gasteiger partial charge in [0.05, 0.1) is 6.10 Å². The molecule has 2 unspecified atom stereocenters. The average molecular weight is 218 g/mol. The Labute approximate surface area is 87.3 Å². The molecule has 0 aromatic rings. The number of ether oxygens (including phenoxy) is 2. The Morgan fingerprint density at radius 3 is 2.71 bits per heavy atom. The minimum atomic E-state index is -0.412. The molecule has 1 aliphatic heterocycles. The molecule has 2 atom stereocenters. The van der Waals surface area contributed by atoms with Crippen LogP contribution in [-0.2, 0) is 19.1 Å². The maximum absolute atomic E-state index is 10.7. The van der Waals surface area contributed by atoms with Crippen LogP contribution >= 0.6 is 11.8 Å². The lowest BCUT2D eigenvalue weighted by Crippen LogP contribution is -2.18. The summed E-state index contributed by atoms with van der Waals surface area (Å²) in [6.45, 7) is 2.89. The summed E-state index contributed by atoms with van der Waals surface area (Å²) in [7, 11) is 0. The van der Waals surface area contributed by atoms with Gasteiger partial charge in [-0.25, -0.2) is 0 Å². The van der Waals surface area contributed by atoms with Crippen molar-refractivity contribution >= 4 is 22.8 Å². The number of hydrogen-bond acceptors (Lipinski definition) is 5. The van der Waals surface area contributed by atoms with Crippen molar-refractivity contribution in [2.24, 2.45) is 0 Å². The van der Waals surface area contributed by atoms with E-state index in [4.69, 9.17) is 9.47 Å². The van der Waals surface area contributed by atoms with E-state index in [-0.39, 0.29) is 17.2 Å². The van der Waals surface area contributed by atoms with Crippen molar-refractivity contribution in [1.29, 1.82) is 0 Å². The van der Waals surface area contributed by atoms with E-state index >= 15 is 0 Å². The van der Waals surface area contributed by atoms with E-state index in [0.29, 0.717) is 5.75 Å². The second kappa shape index (κ2) is 5.36. The quantitative estimate of drug-likeness (QED) is 0.669. The van der Waals surface area contributed by atoms with Crippen molar-refractivity contribution in [1.82, 2.24) is 0 Å². The monoisotopic (exact) mass is 218 g/mol. The second-order valence-electron chi connectivity index (χ2n) is 3.18. The highest BCUT2D eigenvalue weighted by atomic mass is 32.2. The smallest absolute Gasteiger partial charge is 0.304 e. The van der Waals surface area contributed by atoms with Gasteiger partial charge in [0.15, 0.2) is 5.12 Å². The third-order valence-electron chi connectivity index (χ3n) is 1.84. The molecule has 5 heteroatoms. The highest BCUT2D eigenvalue weighted by Crippen LogP contribution is 2.23. The summed E-state index contributed by atoms with van der Waals surface area (Å²) in [6.07, 6.45) is 1.19. The van der Waals surface area contributed by atoms with Crippen LogP contribution in [0.2, 0.25) is 0 Å². The van der Waals surface area contributed by atoms with E-state index in [2.05, 4.69) is 0 Å². The van der Waals surface area contributed by atoms with Crippen LogP contribution in [0, 0.1) is 0 Å². The molecule has 1 fully saturated rings. The number of carbonyl (C=O) groups is 2. The lowest BCUT2D eigenvalue weighted by atomic mass is 10.3. The second-order valence-corrected chi connectivity index (χ2v) is 4.37. The number of hydrogen-bond donors (Lipinski definition) is 0. The number of esters is 1. The predicted molar refractivity (Wildman–Crippen MR) is 52.8 cm³/mol. The number of rotatable bonds is 3. The van der Waals surface area contributed by atoms with E-state index in [1.54, 1.807) is 0 Å². The highest BCUT2D eigenvalue weighted by molar-refractivity contribution is 8.13. The van der Waals surface area contributed by atoms with Gasteiger partial charge >= 0.3 is 5.97 Å². The third kappa shape index (κ3) is 4.11. The normalized spacial score (nSPS) is 26.1. The van der Waals surface area contributed by atoms with E-state index in [9.17, 15) is 9.59 Å². The molecule has 0 aromatic heterocycles. The molecule has 0 saturated carbocycles. The molecule has 0 aromatic carbocycles. The van der Waals surface area contributed by atoms with Crippen LogP contribution in [0.5, 0.6) is 0 Å². The van der Waals surface area contributed by atoms with Crippen LogP contribution in [0.3, 0.4) is 0 Å². The third-order valence-corrected chi connectivity index (χ3v) is 2.78. The summed E-state index contributed by atoms with van der Waals surface area (Å²) in [5.74, 6) is 0.322. The Kier molecular flexibility index (Phi) is 4.41. The van der Waals surface area contributed by atoms with E-state index in [0.717, 1.165) is 12.8 Å². The molecule has 1 saturated heterocycles. The Hall–Kier alpha value is -0.550. The number of thioether (sulfide) groups is 1. The summed E-state index contributed by atoms with van der Waals surface area (Å²) in [4.78, 5) is 21.3. The van der Waals surface area contributed by atoms with E-state index in [1.807, 2.05) is 0 Å². The first-order chi connectivity index (χ1) is 6.58.